The molecule has 22 heavy (non-hydrogen) atoms. The summed E-state index contributed by atoms with van der Waals surface area (Å²) in [6.07, 6.45) is 4.74. The Morgan fingerprint density at radius 3 is 2.68 bits per heavy atom. The zero-order chi connectivity index (χ0) is 15.4. The van der Waals surface area contributed by atoms with Gasteiger partial charge in [-0.2, -0.15) is 0 Å². The molecule has 7 heteroatoms. The monoisotopic (exact) mass is 306 g/mol. The smallest absolute Gasteiger partial charge is 0.191 e. The van der Waals surface area contributed by atoms with Crippen molar-refractivity contribution in [1.82, 2.24) is 25.4 Å². The Morgan fingerprint density at radius 2 is 2.05 bits per heavy atom. The maximum absolute atomic E-state index is 5.41. The van der Waals surface area contributed by atoms with Crippen LogP contribution in [0.4, 0.5) is 0 Å². The van der Waals surface area contributed by atoms with Gasteiger partial charge >= 0.3 is 0 Å². The van der Waals surface area contributed by atoms with Crippen molar-refractivity contribution in [2.45, 2.75) is 45.2 Å². The van der Waals surface area contributed by atoms with Gasteiger partial charge in [0.2, 0.25) is 0 Å². The van der Waals surface area contributed by atoms with Crippen LogP contribution in [0, 0.1) is 12.8 Å². The van der Waals surface area contributed by atoms with E-state index in [1.54, 1.807) is 0 Å². The predicted molar refractivity (Wildman–Crippen MR) is 84.6 cm³/mol. The summed E-state index contributed by atoms with van der Waals surface area (Å²) in [4.78, 5) is 4.67. The second kappa shape index (κ2) is 7.09. The lowest BCUT2D eigenvalue weighted by molar-refractivity contribution is 0.0675. The molecule has 122 valence electrons. The van der Waals surface area contributed by atoms with Crippen molar-refractivity contribution in [2.24, 2.45) is 18.0 Å². The Bertz CT molecular complexity index is 516. The van der Waals surface area contributed by atoms with E-state index in [1.165, 1.54) is 12.8 Å². The predicted octanol–water partition coefficient (Wildman–Crippen LogP) is 0.748. The zero-order valence-corrected chi connectivity index (χ0v) is 13.5. The minimum atomic E-state index is 0.549. The lowest BCUT2D eigenvalue weighted by Crippen LogP contribution is -2.41. The summed E-state index contributed by atoms with van der Waals surface area (Å²) in [6, 6.07) is 0.585. The fourth-order valence-electron chi connectivity index (χ4n) is 2.50. The van der Waals surface area contributed by atoms with E-state index in [1.807, 2.05) is 18.5 Å². The van der Waals surface area contributed by atoms with E-state index >= 15 is 0 Å². The van der Waals surface area contributed by atoms with Crippen molar-refractivity contribution in [3.63, 3.8) is 0 Å². The fourth-order valence-corrected chi connectivity index (χ4v) is 2.50. The van der Waals surface area contributed by atoms with Gasteiger partial charge in [-0.3, -0.25) is 0 Å². The first kappa shape index (κ1) is 15.3. The minimum absolute atomic E-state index is 0.549. The molecule has 0 unspecified atom stereocenters. The molecule has 0 spiro atoms. The zero-order valence-electron chi connectivity index (χ0n) is 13.5. The number of rotatable bonds is 5. The van der Waals surface area contributed by atoms with E-state index in [0.29, 0.717) is 18.5 Å². The summed E-state index contributed by atoms with van der Waals surface area (Å²) in [5.41, 5.74) is 0. The largest absolute Gasteiger partial charge is 0.381 e. The van der Waals surface area contributed by atoms with Gasteiger partial charge in [0, 0.05) is 32.8 Å². The van der Waals surface area contributed by atoms with Crippen LogP contribution < -0.4 is 10.6 Å². The van der Waals surface area contributed by atoms with Crippen LogP contribution in [0.1, 0.15) is 37.3 Å². The third-order valence-electron chi connectivity index (χ3n) is 4.38. The molecule has 2 N–H and O–H groups in total. The lowest BCUT2D eigenvalue weighted by Gasteiger charge is -2.23. The van der Waals surface area contributed by atoms with Crippen molar-refractivity contribution < 1.29 is 4.74 Å². The third kappa shape index (κ3) is 4.19. The van der Waals surface area contributed by atoms with E-state index in [4.69, 9.17) is 4.74 Å². The van der Waals surface area contributed by atoms with Crippen molar-refractivity contribution >= 4 is 5.96 Å². The highest BCUT2D eigenvalue weighted by atomic mass is 16.5. The van der Waals surface area contributed by atoms with E-state index in [9.17, 15) is 0 Å². The molecule has 0 atom stereocenters. The number of ether oxygens (including phenoxy) is 1. The molecule has 0 amide bonds. The highest BCUT2D eigenvalue weighted by Crippen LogP contribution is 2.18. The van der Waals surface area contributed by atoms with Gasteiger partial charge in [0.05, 0.1) is 0 Å². The second-order valence-electron chi connectivity index (χ2n) is 6.24. The van der Waals surface area contributed by atoms with Crippen LogP contribution in [0.2, 0.25) is 0 Å². The summed E-state index contributed by atoms with van der Waals surface area (Å²) >= 11 is 0. The van der Waals surface area contributed by atoms with Crippen LogP contribution in [0.15, 0.2) is 4.99 Å². The summed E-state index contributed by atoms with van der Waals surface area (Å²) in [6.45, 7) is 5.22. The van der Waals surface area contributed by atoms with E-state index in [0.717, 1.165) is 50.2 Å². The molecule has 0 aromatic carbocycles. The molecule has 1 aromatic heterocycles. The van der Waals surface area contributed by atoms with Crippen LogP contribution in [0.3, 0.4) is 0 Å². The molecule has 0 radical (unpaired) electrons. The summed E-state index contributed by atoms with van der Waals surface area (Å²) in [5.74, 6) is 3.38. The SMILES string of the molecule is Cc1nnc(CN=C(NCC2CCOCC2)NC2CC2)n1C. The average Bonchev–Trinajstić information content (AvgIpc) is 3.30. The molecule has 2 heterocycles. The topological polar surface area (TPSA) is 76.4 Å². The van der Waals surface area contributed by atoms with Gasteiger partial charge in [0.15, 0.2) is 11.8 Å². The van der Waals surface area contributed by atoms with Crippen LogP contribution in [0.5, 0.6) is 0 Å². The Balaban J connectivity index is 1.55. The summed E-state index contributed by atoms with van der Waals surface area (Å²) < 4.78 is 7.39. The first-order chi connectivity index (χ1) is 10.7. The number of aryl methyl sites for hydroxylation is 1. The van der Waals surface area contributed by atoms with Gasteiger partial charge in [-0.25, -0.2) is 4.99 Å². The molecule has 2 aliphatic rings. The molecule has 1 aromatic rings. The number of hydrogen-bond donors (Lipinski definition) is 2. The van der Waals surface area contributed by atoms with E-state index in [2.05, 4.69) is 25.8 Å². The molecule has 0 bridgehead atoms. The second-order valence-corrected chi connectivity index (χ2v) is 6.24. The number of hydrogen-bond acceptors (Lipinski definition) is 4. The lowest BCUT2D eigenvalue weighted by atomic mass is 10.0. The Morgan fingerprint density at radius 1 is 1.27 bits per heavy atom. The van der Waals surface area contributed by atoms with Gasteiger partial charge in [0.25, 0.3) is 0 Å². The van der Waals surface area contributed by atoms with Crippen LogP contribution in [-0.4, -0.2) is 46.5 Å². The fraction of sp³-hybridized carbons (Fsp3) is 0.800. The molecule has 2 fully saturated rings. The average molecular weight is 306 g/mol. The van der Waals surface area contributed by atoms with E-state index < -0.39 is 0 Å². The van der Waals surface area contributed by atoms with Gasteiger partial charge in [0.1, 0.15) is 12.4 Å². The van der Waals surface area contributed by atoms with Crippen molar-refractivity contribution in [3.05, 3.63) is 11.6 Å². The Labute approximate surface area is 131 Å². The number of guanidine groups is 1. The summed E-state index contributed by atoms with van der Waals surface area (Å²) in [5, 5.41) is 15.2. The minimum Gasteiger partial charge on any atom is -0.381 e. The maximum Gasteiger partial charge on any atom is 0.191 e. The molecular formula is C15H26N6O. The van der Waals surface area contributed by atoms with Crippen molar-refractivity contribution in [3.8, 4) is 0 Å². The molecule has 1 aliphatic carbocycles. The highest BCUT2D eigenvalue weighted by Gasteiger charge is 2.23. The normalized spacial score (nSPS) is 20.2. The summed E-state index contributed by atoms with van der Waals surface area (Å²) in [7, 11) is 1.98. The van der Waals surface area contributed by atoms with Crippen molar-refractivity contribution in [2.75, 3.05) is 19.8 Å². The number of aliphatic imine (C=N–C) groups is 1. The number of nitrogens with one attached hydrogen (secondary N) is 2. The standard InChI is InChI=1S/C15H26N6O/c1-11-19-20-14(21(11)2)10-17-15(18-13-3-4-13)16-9-12-5-7-22-8-6-12/h12-13H,3-10H2,1-2H3,(H2,16,17,18). The van der Waals surface area contributed by atoms with Gasteiger partial charge in [-0.05, 0) is 38.5 Å². The third-order valence-corrected chi connectivity index (χ3v) is 4.38. The molecular weight excluding hydrogens is 280 g/mol. The molecule has 1 saturated carbocycles. The Hall–Kier alpha value is -1.63. The first-order valence-corrected chi connectivity index (χ1v) is 8.20. The molecule has 1 aliphatic heterocycles. The van der Waals surface area contributed by atoms with E-state index in [-0.39, 0.29) is 0 Å². The van der Waals surface area contributed by atoms with Gasteiger partial charge in [-0.15, -0.1) is 10.2 Å². The Kier molecular flexibility index (Phi) is 4.92. The molecule has 7 nitrogen and oxygen atoms in total. The maximum atomic E-state index is 5.41. The number of nitrogens with zero attached hydrogens (tertiary/aromatic N) is 4. The van der Waals surface area contributed by atoms with Gasteiger partial charge in [-0.1, -0.05) is 0 Å². The molecule has 3 rings (SSSR count). The highest BCUT2D eigenvalue weighted by molar-refractivity contribution is 5.80. The first-order valence-electron chi connectivity index (χ1n) is 8.20. The number of aromatic nitrogens is 3. The molecule has 1 saturated heterocycles. The van der Waals surface area contributed by atoms with Crippen LogP contribution in [0.25, 0.3) is 0 Å². The van der Waals surface area contributed by atoms with Crippen LogP contribution >= 0.6 is 0 Å². The quantitative estimate of drug-likeness (QED) is 0.620. The van der Waals surface area contributed by atoms with Gasteiger partial charge < -0.3 is 19.9 Å². The van der Waals surface area contributed by atoms with Crippen LogP contribution in [-0.2, 0) is 18.3 Å². The van der Waals surface area contributed by atoms with Crippen molar-refractivity contribution in [1.29, 1.82) is 0 Å².